The first-order chi connectivity index (χ1) is 8.68. The fraction of sp³-hybridized carbons (Fsp3) is 0.154. The van der Waals surface area contributed by atoms with E-state index >= 15 is 0 Å². The molecule has 0 aliphatic heterocycles. The fourth-order valence-electron chi connectivity index (χ4n) is 1.51. The Balaban J connectivity index is 1.95. The van der Waals surface area contributed by atoms with Crippen LogP contribution in [0.4, 0.5) is 0 Å². The summed E-state index contributed by atoms with van der Waals surface area (Å²) in [6, 6.07) is 8.39. The van der Waals surface area contributed by atoms with Crippen LogP contribution in [0.1, 0.15) is 22.0 Å². The molecule has 1 aromatic carbocycles. The maximum atomic E-state index is 11.8. The molecule has 1 amide bonds. The van der Waals surface area contributed by atoms with E-state index in [2.05, 4.69) is 5.32 Å². The number of nitrogens with one attached hydrogen (secondary N) is 1. The first-order valence-electron chi connectivity index (χ1n) is 5.41. The highest BCUT2D eigenvalue weighted by molar-refractivity contribution is 6.33. The number of halogens is 1. The molecule has 2 rings (SSSR count). The van der Waals surface area contributed by atoms with E-state index in [4.69, 9.17) is 16.0 Å². The molecular formula is C13H12ClNO3. The van der Waals surface area contributed by atoms with Crippen LogP contribution in [-0.2, 0) is 0 Å². The molecule has 0 bridgehead atoms. The predicted octanol–water partition coefficient (Wildman–Crippen LogP) is 2.40. The molecule has 94 valence electrons. The molecule has 2 N–H and O–H groups in total. The van der Waals surface area contributed by atoms with Gasteiger partial charge in [-0.2, -0.15) is 0 Å². The average Bonchev–Trinajstić information content (AvgIpc) is 2.90. The molecule has 1 aromatic heterocycles. The zero-order valence-electron chi connectivity index (χ0n) is 9.47. The van der Waals surface area contributed by atoms with E-state index in [1.165, 1.54) is 12.5 Å². The van der Waals surface area contributed by atoms with E-state index in [0.29, 0.717) is 16.1 Å². The van der Waals surface area contributed by atoms with Gasteiger partial charge >= 0.3 is 0 Å². The minimum Gasteiger partial charge on any atom is -0.472 e. The number of hydrogen-bond acceptors (Lipinski definition) is 3. The summed E-state index contributed by atoms with van der Waals surface area (Å²) >= 11 is 5.90. The Kier molecular flexibility index (Phi) is 4.02. The first kappa shape index (κ1) is 12.7. The molecule has 4 nitrogen and oxygen atoms in total. The highest BCUT2D eigenvalue weighted by Gasteiger charge is 2.13. The highest BCUT2D eigenvalue weighted by atomic mass is 35.5. The zero-order valence-corrected chi connectivity index (χ0v) is 10.2. The van der Waals surface area contributed by atoms with Crippen molar-refractivity contribution < 1.29 is 14.3 Å². The second-order valence-electron chi connectivity index (χ2n) is 3.76. The minimum atomic E-state index is -0.796. The van der Waals surface area contributed by atoms with Gasteiger partial charge in [0, 0.05) is 12.1 Å². The van der Waals surface area contributed by atoms with Gasteiger partial charge in [0.25, 0.3) is 5.91 Å². The van der Waals surface area contributed by atoms with Crippen molar-refractivity contribution in [2.45, 2.75) is 6.10 Å². The van der Waals surface area contributed by atoms with Crippen LogP contribution in [0.25, 0.3) is 0 Å². The SMILES string of the molecule is O=C(NC[C@@H](O)c1ccoc1)c1ccccc1Cl. The number of furan rings is 1. The number of amides is 1. The van der Waals surface area contributed by atoms with Crippen molar-refractivity contribution in [3.8, 4) is 0 Å². The molecule has 0 aliphatic carbocycles. The van der Waals surface area contributed by atoms with E-state index in [9.17, 15) is 9.90 Å². The molecule has 0 spiro atoms. The second-order valence-corrected chi connectivity index (χ2v) is 4.17. The third kappa shape index (κ3) is 2.91. The van der Waals surface area contributed by atoms with Gasteiger partial charge < -0.3 is 14.8 Å². The molecule has 0 unspecified atom stereocenters. The summed E-state index contributed by atoms with van der Waals surface area (Å²) < 4.78 is 4.85. The summed E-state index contributed by atoms with van der Waals surface area (Å²) in [5.41, 5.74) is 1.01. The van der Waals surface area contributed by atoms with Crippen molar-refractivity contribution in [2.24, 2.45) is 0 Å². The number of aliphatic hydroxyl groups is 1. The van der Waals surface area contributed by atoms with Gasteiger partial charge in [-0.3, -0.25) is 4.79 Å². The minimum absolute atomic E-state index is 0.101. The van der Waals surface area contributed by atoms with Crippen molar-refractivity contribution in [3.05, 3.63) is 59.0 Å². The normalized spacial score (nSPS) is 12.1. The number of rotatable bonds is 4. The molecule has 5 heteroatoms. The van der Waals surface area contributed by atoms with Gasteiger partial charge in [0.2, 0.25) is 0 Å². The smallest absolute Gasteiger partial charge is 0.252 e. The number of aliphatic hydroxyl groups excluding tert-OH is 1. The van der Waals surface area contributed by atoms with Gasteiger partial charge in [-0.1, -0.05) is 23.7 Å². The zero-order chi connectivity index (χ0) is 13.0. The Bertz CT molecular complexity index is 525. The van der Waals surface area contributed by atoms with Crippen LogP contribution in [0.3, 0.4) is 0 Å². The third-order valence-electron chi connectivity index (χ3n) is 2.50. The summed E-state index contributed by atoms with van der Waals surface area (Å²) in [6.07, 6.45) is 2.11. The average molecular weight is 266 g/mol. The molecule has 0 saturated heterocycles. The maximum absolute atomic E-state index is 11.8. The second kappa shape index (κ2) is 5.71. The number of benzene rings is 1. The quantitative estimate of drug-likeness (QED) is 0.892. The summed E-state index contributed by atoms with van der Waals surface area (Å²) in [7, 11) is 0. The molecule has 2 aromatic rings. The Morgan fingerprint density at radius 3 is 2.83 bits per heavy atom. The van der Waals surface area contributed by atoms with Gasteiger partial charge in [0.15, 0.2) is 0 Å². The fourth-order valence-corrected chi connectivity index (χ4v) is 1.73. The third-order valence-corrected chi connectivity index (χ3v) is 2.83. The molecule has 18 heavy (non-hydrogen) atoms. The van der Waals surface area contributed by atoms with Crippen LogP contribution < -0.4 is 5.32 Å². The lowest BCUT2D eigenvalue weighted by Crippen LogP contribution is -2.28. The molecule has 0 saturated carbocycles. The van der Waals surface area contributed by atoms with E-state index in [0.717, 1.165) is 0 Å². The van der Waals surface area contributed by atoms with Crippen LogP contribution in [0.2, 0.25) is 5.02 Å². The Hall–Kier alpha value is -1.78. The standard InChI is InChI=1S/C13H12ClNO3/c14-11-4-2-1-3-10(11)13(17)15-7-12(16)9-5-6-18-8-9/h1-6,8,12,16H,7H2,(H,15,17)/t12-/m1/s1. The van der Waals surface area contributed by atoms with Crippen LogP contribution in [0.15, 0.2) is 47.3 Å². The Morgan fingerprint density at radius 2 is 2.17 bits per heavy atom. The van der Waals surface area contributed by atoms with Crippen LogP contribution >= 0.6 is 11.6 Å². The van der Waals surface area contributed by atoms with Crippen LogP contribution in [0.5, 0.6) is 0 Å². The number of carbonyl (C=O) groups is 1. The van der Waals surface area contributed by atoms with E-state index in [1.807, 2.05) is 0 Å². The largest absolute Gasteiger partial charge is 0.472 e. The monoisotopic (exact) mass is 265 g/mol. The summed E-state index contributed by atoms with van der Waals surface area (Å²) in [4.78, 5) is 11.8. The van der Waals surface area contributed by atoms with Crippen LogP contribution in [-0.4, -0.2) is 17.6 Å². The summed E-state index contributed by atoms with van der Waals surface area (Å²) in [5, 5.41) is 12.8. The van der Waals surface area contributed by atoms with Crippen molar-refractivity contribution in [2.75, 3.05) is 6.54 Å². The highest BCUT2D eigenvalue weighted by Crippen LogP contribution is 2.15. The number of carbonyl (C=O) groups excluding carboxylic acids is 1. The van der Waals surface area contributed by atoms with Crippen molar-refractivity contribution in [3.63, 3.8) is 0 Å². The van der Waals surface area contributed by atoms with Crippen molar-refractivity contribution in [1.29, 1.82) is 0 Å². The Morgan fingerprint density at radius 1 is 1.39 bits per heavy atom. The van der Waals surface area contributed by atoms with Crippen molar-refractivity contribution >= 4 is 17.5 Å². The lowest BCUT2D eigenvalue weighted by molar-refractivity contribution is 0.0916. The van der Waals surface area contributed by atoms with Gasteiger partial charge in [-0.05, 0) is 18.2 Å². The van der Waals surface area contributed by atoms with E-state index < -0.39 is 6.10 Å². The van der Waals surface area contributed by atoms with Gasteiger partial charge in [0.1, 0.15) is 0 Å². The van der Waals surface area contributed by atoms with E-state index in [-0.39, 0.29) is 12.5 Å². The van der Waals surface area contributed by atoms with Gasteiger partial charge in [0.05, 0.1) is 29.2 Å². The molecule has 0 aliphatic rings. The van der Waals surface area contributed by atoms with Crippen LogP contribution in [0, 0.1) is 0 Å². The molecule has 1 atom stereocenters. The summed E-state index contributed by atoms with van der Waals surface area (Å²) in [6.45, 7) is 0.101. The maximum Gasteiger partial charge on any atom is 0.252 e. The van der Waals surface area contributed by atoms with E-state index in [1.54, 1.807) is 30.3 Å². The number of hydrogen-bond donors (Lipinski definition) is 2. The first-order valence-corrected chi connectivity index (χ1v) is 5.79. The molecular weight excluding hydrogens is 254 g/mol. The predicted molar refractivity (Wildman–Crippen MR) is 67.5 cm³/mol. The molecule has 1 heterocycles. The lowest BCUT2D eigenvalue weighted by atomic mass is 10.2. The van der Waals surface area contributed by atoms with Gasteiger partial charge in [-0.15, -0.1) is 0 Å². The Labute approximate surface area is 109 Å². The topological polar surface area (TPSA) is 62.5 Å². The molecule has 0 radical (unpaired) electrons. The molecule has 0 fully saturated rings. The van der Waals surface area contributed by atoms with Crippen molar-refractivity contribution in [1.82, 2.24) is 5.32 Å². The summed E-state index contributed by atoms with van der Waals surface area (Å²) in [5.74, 6) is -0.317. The lowest BCUT2D eigenvalue weighted by Gasteiger charge is -2.10. The van der Waals surface area contributed by atoms with Gasteiger partial charge in [-0.25, -0.2) is 0 Å².